The molecule has 0 aromatic rings. The van der Waals surface area contributed by atoms with Gasteiger partial charge in [0.1, 0.15) is 0 Å². The number of halogens is 6. The van der Waals surface area contributed by atoms with Crippen LogP contribution in [0.1, 0.15) is 39.0 Å². The summed E-state index contributed by atoms with van der Waals surface area (Å²) in [5.41, 5.74) is 0. The quantitative estimate of drug-likeness (QED) is 0.769. The van der Waals surface area contributed by atoms with Crippen molar-refractivity contribution in [3.63, 3.8) is 0 Å². The largest absolute Gasteiger partial charge is 0.393 e. The summed E-state index contributed by atoms with van der Waals surface area (Å²) in [5.74, 6) is -4.86. The van der Waals surface area contributed by atoms with Gasteiger partial charge in [0.25, 0.3) is 0 Å². The number of aliphatic hydroxyl groups excluding tert-OH is 1. The number of hydrogen-bond acceptors (Lipinski definition) is 1. The van der Waals surface area contributed by atoms with Gasteiger partial charge in [0.2, 0.25) is 0 Å². The second kappa shape index (κ2) is 5.89. The lowest BCUT2D eigenvalue weighted by Crippen LogP contribution is -2.41. The first kappa shape index (κ1) is 16.6. The van der Waals surface area contributed by atoms with Crippen molar-refractivity contribution >= 4 is 0 Å². The molecule has 19 heavy (non-hydrogen) atoms. The summed E-state index contributed by atoms with van der Waals surface area (Å²) in [4.78, 5) is 0. The number of rotatable bonds is 3. The third-order valence-electron chi connectivity index (χ3n) is 3.80. The van der Waals surface area contributed by atoms with Gasteiger partial charge in [0, 0.05) is 0 Å². The molecule has 1 aliphatic rings. The van der Waals surface area contributed by atoms with Crippen LogP contribution in [-0.4, -0.2) is 23.6 Å². The van der Waals surface area contributed by atoms with Crippen LogP contribution < -0.4 is 0 Å². The lowest BCUT2D eigenvalue weighted by molar-refractivity contribution is -0.232. The second-order valence-corrected chi connectivity index (χ2v) is 5.30. The summed E-state index contributed by atoms with van der Waals surface area (Å²) in [6.07, 6.45) is -11.3. The predicted molar refractivity (Wildman–Crippen MR) is 57.3 cm³/mol. The summed E-state index contributed by atoms with van der Waals surface area (Å²) in [6, 6.07) is 0. The van der Waals surface area contributed by atoms with Crippen molar-refractivity contribution in [3.8, 4) is 0 Å². The Balaban J connectivity index is 2.84. The van der Waals surface area contributed by atoms with Gasteiger partial charge >= 0.3 is 12.4 Å². The fourth-order valence-electron chi connectivity index (χ4n) is 2.74. The Kier molecular flexibility index (Phi) is 5.15. The molecule has 0 bridgehead atoms. The Bertz CT molecular complexity index is 263. The van der Waals surface area contributed by atoms with Gasteiger partial charge in [-0.15, -0.1) is 0 Å². The van der Waals surface area contributed by atoms with Crippen molar-refractivity contribution < 1.29 is 31.4 Å². The summed E-state index contributed by atoms with van der Waals surface area (Å²) < 4.78 is 76.1. The Morgan fingerprint density at radius 3 is 1.68 bits per heavy atom. The molecule has 0 spiro atoms. The van der Waals surface area contributed by atoms with Crippen LogP contribution in [0, 0.1) is 17.8 Å². The van der Waals surface area contributed by atoms with Crippen LogP contribution in [-0.2, 0) is 0 Å². The van der Waals surface area contributed by atoms with Gasteiger partial charge in [-0.25, -0.2) is 0 Å². The van der Waals surface area contributed by atoms with Crippen LogP contribution in [0.4, 0.5) is 26.3 Å². The molecular formula is C12H18F6O. The highest BCUT2D eigenvalue weighted by molar-refractivity contribution is 4.88. The van der Waals surface area contributed by atoms with Crippen LogP contribution >= 0.6 is 0 Å². The first-order valence-electron chi connectivity index (χ1n) is 6.37. The van der Waals surface area contributed by atoms with Gasteiger partial charge in [-0.2, -0.15) is 26.3 Å². The van der Waals surface area contributed by atoms with Crippen molar-refractivity contribution in [2.24, 2.45) is 17.8 Å². The SMILES string of the molecule is CCCC(O)C1CC(C(F)(F)F)CC(C(F)(F)F)C1. The van der Waals surface area contributed by atoms with Gasteiger partial charge in [-0.3, -0.25) is 0 Å². The summed E-state index contributed by atoms with van der Waals surface area (Å²) in [5, 5.41) is 9.71. The first-order valence-corrected chi connectivity index (χ1v) is 6.37. The zero-order valence-corrected chi connectivity index (χ0v) is 10.6. The fourth-order valence-corrected chi connectivity index (χ4v) is 2.74. The maximum absolute atomic E-state index is 12.7. The fraction of sp³-hybridized carbons (Fsp3) is 1.00. The van der Waals surface area contributed by atoms with Gasteiger partial charge in [-0.05, 0) is 31.6 Å². The third-order valence-corrected chi connectivity index (χ3v) is 3.80. The Labute approximate surface area is 108 Å². The molecule has 0 heterocycles. The van der Waals surface area contributed by atoms with E-state index in [0.29, 0.717) is 6.42 Å². The molecule has 1 N–H and O–H groups in total. The minimum Gasteiger partial charge on any atom is -0.393 e. The molecule has 1 aliphatic carbocycles. The van der Waals surface area contributed by atoms with E-state index < -0.39 is 55.5 Å². The summed E-state index contributed by atoms with van der Waals surface area (Å²) >= 11 is 0. The van der Waals surface area contributed by atoms with Crippen LogP contribution in [0.3, 0.4) is 0 Å². The molecule has 0 aromatic carbocycles. The molecule has 1 fully saturated rings. The molecule has 1 nitrogen and oxygen atoms in total. The van der Waals surface area contributed by atoms with Crippen molar-refractivity contribution in [2.45, 2.75) is 57.5 Å². The monoisotopic (exact) mass is 292 g/mol. The van der Waals surface area contributed by atoms with Crippen molar-refractivity contribution in [1.29, 1.82) is 0 Å². The highest BCUT2D eigenvalue weighted by Crippen LogP contribution is 2.48. The Hall–Kier alpha value is -0.460. The molecule has 3 unspecified atom stereocenters. The van der Waals surface area contributed by atoms with Crippen LogP contribution in [0.5, 0.6) is 0 Å². The average Bonchev–Trinajstić information content (AvgIpc) is 2.26. The third kappa shape index (κ3) is 4.54. The zero-order chi connectivity index (χ0) is 14.8. The number of alkyl halides is 6. The van der Waals surface area contributed by atoms with E-state index in [4.69, 9.17) is 0 Å². The van der Waals surface area contributed by atoms with Crippen LogP contribution in [0.15, 0.2) is 0 Å². The second-order valence-electron chi connectivity index (χ2n) is 5.30. The molecule has 114 valence electrons. The van der Waals surface area contributed by atoms with E-state index in [1.807, 2.05) is 0 Å². The molecule has 0 amide bonds. The van der Waals surface area contributed by atoms with E-state index in [9.17, 15) is 31.4 Å². The van der Waals surface area contributed by atoms with E-state index >= 15 is 0 Å². The van der Waals surface area contributed by atoms with Crippen LogP contribution in [0.25, 0.3) is 0 Å². The summed E-state index contributed by atoms with van der Waals surface area (Å²) in [6.45, 7) is 1.73. The van der Waals surface area contributed by atoms with E-state index in [2.05, 4.69) is 0 Å². The zero-order valence-electron chi connectivity index (χ0n) is 10.6. The smallest absolute Gasteiger partial charge is 0.391 e. The lowest BCUT2D eigenvalue weighted by atomic mass is 9.72. The highest BCUT2D eigenvalue weighted by Gasteiger charge is 2.52. The van der Waals surface area contributed by atoms with Gasteiger partial charge in [-0.1, -0.05) is 13.3 Å². The molecule has 3 atom stereocenters. The molecule has 1 saturated carbocycles. The molecule has 0 radical (unpaired) electrons. The standard InChI is InChI=1S/C12H18F6O/c1-2-3-10(19)7-4-8(11(13,14)15)6-9(5-7)12(16,17)18/h7-10,19H,2-6H2,1H3. The molecule has 0 aromatic heterocycles. The molecule has 0 aliphatic heterocycles. The van der Waals surface area contributed by atoms with Crippen molar-refractivity contribution in [2.75, 3.05) is 0 Å². The lowest BCUT2D eigenvalue weighted by Gasteiger charge is -2.38. The molecule has 0 saturated heterocycles. The predicted octanol–water partition coefficient (Wildman–Crippen LogP) is 4.30. The van der Waals surface area contributed by atoms with Crippen molar-refractivity contribution in [3.05, 3.63) is 0 Å². The maximum atomic E-state index is 12.7. The van der Waals surface area contributed by atoms with Gasteiger partial charge < -0.3 is 5.11 Å². The average molecular weight is 292 g/mol. The molecule has 7 heteroatoms. The topological polar surface area (TPSA) is 20.2 Å². The first-order chi connectivity index (χ1) is 8.55. The van der Waals surface area contributed by atoms with Crippen molar-refractivity contribution in [1.82, 2.24) is 0 Å². The minimum atomic E-state index is -4.63. The number of hydrogen-bond donors (Lipinski definition) is 1. The van der Waals surface area contributed by atoms with E-state index in [1.165, 1.54) is 0 Å². The summed E-state index contributed by atoms with van der Waals surface area (Å²) in [7, 11) is 0. The maximum Gasteiger partial charge on any atom is 0.391 e. The van der Waals surface area contributed by atoms with Crippen LogP contribution in [0.2, 0.25) is 0 Å². The normalized spacial score (nSPS) is 31.3. The molecular weight excluding hydrogens is 274 g/mol. The van der Waals surface area contributed by atoms with Gasteiger partial charge in [0.05, 0.1) is 17.9 Å². The van der Waals surface area contributed by atoms with E-state index in [0.717, 1.165) is 0 Å². The van der Waals surface area contributed by atoms with E-state index in [-0.39, 0.29) is 6.42 Å². The van der Waals surface area contributed by atoms with Gasteiger partial charge in [0.15, 0.2) is 0 Å². The minimum absolute atomic E-state index is 0.236. The van der Waals surface area contributed by atoms with E-state index in [1.54, 1.807) is 6.92 Å². The Morgan fingerprint density at radius 1 is 0.947 bits per heavy atom. The highest BCUT2D eigenvalue weighted by atomic mass is 19.4. The number of aliphatic hydroxyl groups is 1. The Morgan fingerprint density at radius 2 is 1.37 bits per heavy atom. The molecule has 1 rings (SSSR count).